The van der Waals surface area contributed by atoms with Crippen LogP contribution in [-0.2, 0) is 0 Å². The van der Waals surface area contributed by atoms with Gasteiger partial charge in [0, 0.05) is 25.0 Å². The van der Waals surface area contributed by atoms with Gasteiger partial charge in [-0.15, -0.1) is 0 Å². The number of pyridine rings is 1. The minimum atomic E-state index is -0.368. The molecule has 1 aromatic heterocycles. The van der Waals surface area contributed by atoms with Gasteiger partial charge >= 0.3 is 0 Å². The molecule has 2 N–H and O–H groups in total. The number of nitrogens with zero attached hydrogens (tertiary/aromatic N) is 1. The lowest BCUT2D eigenvalue weighted by atomic mass is 10.1. The van der Waals surface area contributed by atoms with Gasteiger partial charge in [-0.25, -0.2) is 0 Å². The lowest BCUT2D eigenvalue weighted by molar-refractivity contribution is 0.0928. The smallest absolute Gasteiger partial charge is 0.257 e. The van der Waals surface area contributed by atoms with E-state index in [4.69, 9.17) is 0 Å². The molecule has 0 aliphatic carbocycles. The molecule has 0 fully saturated rings. The van der Waals surface area contributed by atoms with E-state index in [1.807, 2.05) is 49.3 Å². The molecule has 0 bridgehead atoms. The van der Waals surface area contributed by atoms with Crippen LogP contribution in [0, 0.1) is 0 Å². The van der Waals surface area contributed by atoms with Crippen LogP contribution in [0.15, 0.2) is 53.6 Å². The first-order valence-electron chi connectivity index (χ1n) is 6.75. The standard InChI is InChI=1S/C16H19N3O2/c1-19(2)11-14(12-6-4-3-5-7-12)18-16(21)13-10-17-9-8-15(13)20/h3-10,14H,11H2,1-2H3,(H,17,20)(H,18,21). The Morgan fingerprint density at radius 1 is 1.24 bits per heavy atom. The van der Waals surface area contributed by atoms with E-state index in [1.165, 1.54) is 18.5 Å². The van der Waals surface area contributed by atoms with E-state index in [0.717, 1.165) is 5.56 Å². The maximum atomic E-state index is 12.3. The van der Waals surface area contributed by atoms with Gasteiger partial charge in [-0.1, -0.05) is 30.3 Å². The molecule has 110 valence electrons. The lowest BCUT2D eigenvalue weighted by Gasteiger charge is -2.22. The summed E-state index contributed by atoms with van der Waals surface area (Å²) < 4.78 is 0. The van der Waals surface area contributed by atoms with Crippen molar-refractivity contribution in [1.29, 1.82) is 0 Å². The first kappa shape index (κ1) is 15.0. The Morgan fingerprint density at radius 3 is 2.57 bits per heavy atom. The van der Waals surface area contributed by atoms with Crippen LogP contribution >= 0.6 is 0 Å². The molecule has 0 aliphatic rings. The van der Waals surface area contributed by atoms with Crippen LogP contribution in [0.2, 0.25) is 0 Å². The molecule has 0 radical (unpaired) electrons. The fourth-order valence-corrected chi connectivity index (χ4v) is 2.11. The van der Waals surface area contributed by atoms with Crippen LogP contribution in [0.25, 0.3) is 0 Å². The molecule has 21 heavy (non-hydrogen) atoms. The van der Waals surface area contributed by atoms with Crippen LogP contribution in [-0.4, -0.2) is 36.4 Å². The Hall–Kier alpha value is -2.40. The van der Waals surface area contributed by atoms with Gasteiger partial charge in [0.05, 0.1) is 6.04 Å². The number of carbonyl (C=O) groups excluding carboxylic acids is 1. The molecule has 1 atom stereocenters. The molecule has 2 aromatic rings. The molecule has 0 saturated carbocycles. The molecule has 1 amide bonds. The van der Waals surface area contributed by atoms with Crippen LogP contribution < -0.4 is 10.7 Å². The molecule has 0 aliphatic heterocycles. The van der Waals surface area contributed by atoms with Crippen molar-refractivity contribution in [2.75, 3.05) is 20.6 Å². The number of aromatic amines is 1. The van der Waals surface area contributed by atoms with Crippen LogP contribution in [0.1, 0.15) is 22.0 Å². The number of likely N-dealkylation sites (N-methyl/N-ethyl adjacent to an activating group) is 1. The van der Waals surface area contributed by atoms with Crippen molar-refractivity contribution in [2.24, 2.45) is 0 Å². The molecule has 0 spiro atoms. The molecule has 1 heterocycles. The highest BCUT2D eigenvalue weighted by molar-refractivity contribution is 5.94. The van der Waals surface area contributed by atoms with Crippen LogP contribution in [0.5, 0.6) is 0 Å². The zero-order valence-electron chi connectivity index (χ0n) is 12.2. The van der Waals surface area contributed by atoms with Gasteiger partial charge in [0.1, 0.15) is 5.56 Å². The zero-order valence-corrected chi connectivity index (χ0v) is 12.2. The molecule has 1 unspecified atom stereocenters. The Balaban J connectivity index is 2.21. The van der Waals surface area contributed by atoms with Crippen LogP contribution in [0.4, 0.5) is 0 Å². The zero-order chi connectivity index (χ0) is 15.2. The minimum absolute atomic E-state index is 0.122. The normalized spacial score (nSPS) is 12.1. The average molecular weight is 285 g/mol. The Bertz CT molecular complexity index is 650. The van der Waals surface area contributed by atoms with Gasteiger partial charge < -0.3 is 15.2 Å². The van der Waals surface area contributed by atoms with Crippen molar-refractivity contribution in [3.63, 3.8) is 0 Å². The van der Waals surface area contributed by atoms with Gasteiger partial charge in [0.15, 0.2) is 5.43 Å². The number of amides is 1. The number of benzene rings is 1. The van der Waals surface area contributed by atoms with E-state index >= 15 is 0 Å². The van der Waals surface area contributed by atoms with E-state index < -0.39 is 0 Å². The minimum Gasteiger partial charge on any atom is -0.367 e. The maximum absolute atomic E-state index is 12.3. The molecular formula is C16H19N3O2. The predicted molar refractivity (Wildman–Crippen MR) is 82.3 cm³/mol. The second kappa shape index (κ2) is 6.85. The van der Waals surface area contributed by atoms with Gasteiger partial charge in [-0.2, -0.15) is 0 Å². The van der Waals surface area contributed by atoms with Crippen molar-refractivity contribution >= 4 is 5.91 Å². The summed E-state index contributed by atoms with van der Waals surface area (Å²) in [6.07, 6.45) is 2.93. The number of hydrogen-bond acceptors (Lipinski definition) is 3. The number of carbonyl (C=O) groups is 1. The number of nitrogens with one attached hydrogen (secondary N) is 2. The number of rotatable bonds is 5. The Morgan fingerprint density at radius 2 is 1.95 bits per heavy atom. The van der Waals surface area contributed by atoms with Gasteiger partial charge in [-0.3, -0.25) is 9.59 Å². The predicted octanol–water partition coefficient (Wildman–Crippen LogP) is 1.41. The fourth-order valence-electron chi connectivity index (χ4n) is 2.11. The highest BCUT2D eigenvalue weighted by atomic mass is 16.2. The molecule has 1 aromatic carbocycles. The van der Waals surface area contributed by atoms with E-state index in [0.29, 0.717) is 6.54 Å². The summed E-state index contributed by atoms with van der Waals surface area (Å²) in [7, 11) is 3.88. The van der Waals surface area contributed by atoms with Gasteiger partial charge in [-0.05, 0) is 19.7 Å². The summed E-state index contributed by atoms with van der Waals surface area (Å²) in [5, 5.41) is 2.92. The lowest BCUT2D eigenvalue weighted by Crippen LogP contribution is -2.37. The summed E-state index contributed by atoms with van der Waals surface area (Å²) in [5.74, 6) is -0.368. The van der Waals surface area contributed by atoms with E-state index in [1.54, 1.807) is 0 Å². The van der Waals surface area contributed by atoms with Crippen molar-refractivity contribution < 1.29 is 4.79 Å². The summed E-state index contributed by atoms with van der Waals surface area (Å²) in [4.78, 5) is 28.7. The Labute approximate surface area is 123 Å². The molecule has 0 saturated heterocycles. The molecular weight excluding hydrogens is 266 g/mol. The van der Waals surface area contributed by atoms with Crippen molar-refractivity contribution in [1.82, 2.24) is 15.2 Å². The number of hydrogen-bond donors (Lipinski definition) is 2. The Kier molecular flexibility index (Phi) is 4.90. The highest BCUT2D eigenvalue weighted by Crippen LogP contribution is 2.13. The van der Waals surface area contributed by atoms with Crippen molar-refractivity contribution in [3.8, 4) is 0 Å². The van der Waals surface area contributed by atoms with E-state index in [2.05, 4.69) is 10.3 Å². The monoisotopic (exact) mass is 285 g/mol. The summed E-state index contributed by atoms with van der Waals surface area (Å²) >= 11 is 0. The number of aromatic nitrogens is 1. The highest BCUT2D eigenvalue weighted by Gasteiger charge is 2.17. The third-order valence-corrected chi connectivity index (χ3v) is 3.12. The summed E-state index contributed by atoms with van der Waals surface area (Å²) in [5.41, 5.74) is 0.840. The van der Waals surface area contributed by atoms with Crippen molar-refractivity contribution in [3.05, 3.63) is 70.1 Å². The van der Waals surface area contributed by atoms with Gasteiger partial charge in [0.2, 0.25) is 0 Å². The molecule has 5 heteroatoms. The topological polar surface area (TPSA) is 65.2 Å². The van der Waals surface area contributed by atoms with E-state index in [9.17, 15) is 9.59 Å². The summed E-state index contributed by atoms with van der Waals surface area (Å²) in [6, 6.07) is 10.9. The van der Waals surface area contributed by atoms with E-state index in [-0.39, 0.29) is 22.9 Å². The second-order valence-corrected chi connectivity index (χ2v) is 5.12. The first-order chi connectivity index (χ1) is 10.1. The molecule has 2 rings (SSSR count). The average Bonchev–Trinajstić information content (AvgIpc) is 2.47. The first-order valence-corrected chi connectivity index (χ1v) is 6.75. The maximum Gasteiger partial charge on any atom is 0.257 e. The fraction of sp³-hybridized carbons (Fsp3) is 0.250. The number of H-pyrrole nitrogens is 1. The SMILES string of the molecule is CN(C)CC(NC(=O)c1c[nH]ccc1=O)c1ccccc1. The third-order valence-electron chi connectivity index (χ3n) is 3.12. The largest absolute Gasteiger partial charge is 0.367 e. The quantitative estimate of drug-likeness (QED) is 0.873. The van der Waals surface area contributed by atoms with Gasteiger partial charge in [0.25, 0.3) is 5.91 Å². The third kappa shape index (κ3) is 4.03. The summed E-state index contributed by atoms with van der Waals surface area (Å²) in [6.45, 7) is 0.653. The van der Waals surface area contributed by atoms with Crippen molar-refractivity contribution in [2.45, 2.75) is 6.04 Å². The van der Waals surface area contributed by atoms with Crippen LogP contribution in [0.3, 0.4) is 0 Å². The second-order valence-electron chi connectivity index (χ2n) is 5.12. The molecule has 5 nitrogen and oxygen atoms in total.